The van der Waals surface area contributed by atoms with Crippen molar-refractivity contribution < 1.29 is 18.3 Å². The quantitative estimate of drug-likeness (QED) is 0.871. The second kappa shape index (κ2) is 4.49. The van der Waals surface area contributed by atoms with Gasteiger partial charge < -0.3 is 5.11 Å². The molecule has 0 bridgehead atoms. The summed E-state index contributed by atoms with van der Waals surface area (Å²) in [4.78, 5) is 11.9. The van der Waals surface area contributed by atoms with Gasteiger partial charge in [-0.25, -0.2) is 8.42 Å². The van der Waals surface area contributed by atoms with Crippen LogP contribution in [0, 0.1) is 5.92 Å². The molecular formula is C12H14O4S. The Kier molecular flexibility index (Phi) is 3.19. The van der Waals surface area contributed by atoms with Crippen LogP contribution in [-0.2, 0) is 21.1 Å². The first-order chi connectivity index (χ1) is 7.96. The maximum Gasteiger partial charge on any atom is 0.151 e. The Morgan fingerprint density at radius 3 is 2.76 bits per heavy atom. The summed E-state index contributed by atoms with van der Waals surface area (Å²) >= 11 is 0. The number of phenolic OH excluding ortho intramolecular Hbond substituents is 1. The molecule has 0 radical (unpaired) electrons. The number of aromatic hydroxyl groups is 1. The Bertz CT molecular complexity index is 533. The van der Waals surface area contributed by atoms with E-state index in [2.05, 4.69) is 0 Å². The number of rotatable bonds is 3. The van der Waals surface area contributed by atoms with Gasteiger partial charge in [-0.2, -0.15) is 0 Å². The smallest absolute Gasteiger partial charge is 0.151 e. The van der Waals surface area contributed by atoms with Crippen LogP contribution in [0.5, 0.6) is 5.75 Å². The van der Waals surface area contributed by atoms with Crippen molar-refractivity contribution in [3.8, 4) is 5.75 Å². The van der Waals surface area contributed by atoms with Crippen molar-refractivity contribution in [2.75, 3.05) is 11.5 Å². The monoisotopic (exact) mass is 254 g/mol. The molecule has 1 fully saturated rings. The Balaban J connectivity index is 2.03. The predicted octanol–water partition coefficient (Wildman–Crippen LogP) is 0.939. The lowest BCUT2D eigenvalue weighted by Crippen LogP contribution is -2.18. The van der Waals surface area contributed by atoms with Gasteiger partial charge in [-0.3, -0.25) is 4.79 Å². The SMILES string of the molecule is O=C(Cc1cccc(O)c1)C1CCS(=O)(=O)C1. The molecule has 1 aliphatic heterocycles. The maximum absolute atomic E-state index is 11.9. The third-order valence-electron chi connectivity index (χ3n) is 2.98. The summed E-state index contributed by atoms with van der Waals surface area (Å²) in [5.41, 5.74) is 0.722. The number of hydrogen-bond acceptors (Lipinski definition) is 4. The predicted molar refractivity (Wildman–Crippen MR) is 63.6 cm³/mol. The first kappa shape index (κ1) is 12.1. The molecular weight excluding hydrogens is 240 g/mol. The first-order valence-corrected chi connectivity index (χ1v) is 7.29. The highest BCUT2D eigenvalue weighted by Gasteiger charge is 2.32. The molecule has 1 aromatic carbocycles. The average molecular weight is 254 g/mol. The number of sulfone groups is 1. The normalized spacial score (nSPS) is 22.5. The van der Waals surface area contributed by atoms with Crippen molar-refractivity contribution >= 4 is 15.6 Å². The van der Waals surface area contributed by atoms with Crippen molar-refractivity contribution in [2.45, 2.75) is 12.8 Å². The van der Waals surface area contributed by atoms with Gasteiger partial charge in [0.15, 0.2) is 9.84 Å². The number of carbonyl (C=O) groups is 1. The van der Waals surface area contributed by atoms with E-state index in [1.807, 2.05) is 0 Å². The summed E-state index contributed by atoms with van der Waals surface area (Å²) in [7, 11) is -3.01. The van der Waals surface area contributed by atoms with Gasteiger partial charge in [0.25, 0.3) is 0 Å². The maximum atomic E-state index is 11.9. The topological polar surface area (TPSA) is 71.4 Å². The highest BCUT2D eigenvalue weighted by molar-refractivity contribution is 7.91. The van der Waals surface area contributed by atoms with E-state index < -0.39 is 9.84 Å². The number of Topliss-reactive ketones (excluding diaryl/α,β-unsaturated/α-hetero) is 1. The molecule has 1 atom stereocenters. The second-order valence-electron chi connectivity index (χ2n) is 4.41. The molecule has 1 aromatic rings. The van der Waals surface area contributed by atoms with Crippen LogP contribution in [0.25, 0.3) is 0 Å². The zero-order valence-corrected chi connectivity index (χ0v) is 10.1. The molecule has 0 amide bonds. The molecule has 1 saturated heterocycles. The van der Waals surface area contributed by atoms with Crippen LogP contribution >= 0.6 is 0 Å². The van der Waals surface area contributed by atoms with E-state index in [-0.39, 0.29) is 35.4 Å². The minimum atomic E-state index is -3.01. The highest BCUT2D eigenvalue weighted by Crippen LogP contribution is 2.21. The first-order valence-electron chi connectivity index (χ1n) is 5.47. The van der Waals surface area contributed by atoms with E-state index >= 15 is 0 Å². The summed E-state index contributed by atoms with van der Waals surface area (Å²) < 4.78 is 22.5. The van der Waals surface area contributed by atoms with Crippen molar-refractivity contribution in [3.05, 3.63) is 29.8 Å². The van der Waals surface area contributed by atoms with Crippen LogP contribution in [-0.4, -0.2) is 30.8 Å². The Labute approximate surface area is 100 Å². The number of hydrogen-bond donors (Lipinski definition) is 1. The molecule has 1 N–H and O–H groups in total. The van der Waals surface area contributed by atoms with Gasteiger partial charge in [-0.1, -0.05) is 12.1 Å². The molecule has 5 heteroatoms. The standard InChI is InChI=1S/C12H14O4S/c13-11-3-1-2-9(6-11)7-12(14)10-4-5-17(15,16)8-10/h1-3,6,10,13H,4-5,7-8H2. The van der Waals surface area contributed by atoms with Gasteiger partial charge in [0.2, 0.25) is 0 Å². The van der Waals surface area contributed by atoms with E-state index in [1.165, 1.54) is 12.1 Å². The lowest BCUT2D eigenvalue weighted by molar-refractivity contribution is -0.121. The van der Waals surface area contributed by atoms with Crippen LogP contribution in [0.4, 0.5) is 0 Å². The molecule has 4 nitrogen and oxygen atoms in total. The average Bonchev–Trinajstić information content (AvgIpc) is 2.59. The summed E-state index contributed by atoms with van der Waals surface area (Å²) in [6, 6.07) is 6.49. The third kappa shape index (κ3) is 3.06. The van der Waals surface area contributed by atoms with Gasteiger partial charge in [-0.15, -0.1) is 0 Å². The van der Waals surface area contributed by atoms with Crippen LogP contribution in [0.1, 0.15) is 12.0 Å². The molecule has 1 heterocycles. The number of phenols is 1. The van der Waals surface area contributed by atoms with Gasteiger partial charge >= 0.3 is 0 Å². The molecule has 1 aliphatic rings. The van der Waals surface area contributed by atoms with Crippen molar-refractivity contribution in [1.82, 2.24) is 0 Å². The molecule has 0 aromatic heterocycles. The number of carbonyl (C=O) groups excluding carboxylic acids is 1. The molecule has 2 rings (SSSR count). The van der Waals surface area contributed by atoms with Gasteiger partial charge in [-0.05, 0) is 24.1 Å². The molecule has 0 saturated carbocycles. The second-order valence-corrected chi connectivity index (χ2v) is 6.64. The zero-order valence-electron chi connectivity index (χ0n) is 9.30. The summed E-state index contributed by atoms with van der Waals surface area (Å²) in [6.45, 7) is 0. The Morgan fingerprint density at radius 2 is 2.18 bits per heavy atom. The van der Waals surface area contributed by atoms with Crippen LogP contribution in [0.3, 0.4) is 0 Å². The van der Waals surface area contributed by atoms with Gasteiger partial charge in [0.1, 0.15) is 11.5 Å². The van der Waals surface area contributed by atoms with E-state index in [1.54, 1.807) is 12.1 Å². The number of ketones is 1. The van der Waals surface area contributed by atoms with E-state index in [4.69, 9.17) is 0 Å². The van der Waals surface area contributed by atoms with Crippen LogP contribution < -0.4 is 0 Å². The van der Waals surface area contributed by atoms with Crippen molar-refractivity contribution in [1.29, 1.82) is 0 Å². The fraction of sp³-hybridized carbons (Fsp3) is 0.417. The highest BCUT2D eigenvalue weighted by atomic mass is 32.2. The number of benzene rings is 1. The van der Waals surface area contributed by atoms with E-state index in [9.17, 15) is 18.3 Å². The molecule has 1 unspecified atom stereocenters. The fourth-order valence-corrected chi connectivity index (χ4v) is 3.84. The molecule has 17 heavy (non-hydrogen) atoms. The van der Waals surface area contributed by atoms with Gasteiger partial charge in [0.05, 0.1) is 11.5 Å². The largest absolute Gasteiger partial charge is 0.508 e. The summed E-state index contributed by atoms with van der Waals surface area (Å²) in [5.74, 6) is -0.220. The lowest BCUT2D eigenvalue weighted by Gasteiger charge is -2.06. The third-order valence-corrected chi connectivity index (χ3v) is 4.74. The Morgan fingerprint density at radius 1 is 1.41 bits per heavy atom. The minimum Gasteiger partial charge on any atom is -0.508 e. The van der Waals surface area contributed by atoms with Crippen molar-refractivity contribution in [2.24, 2.45) is 5.92 Å². The Hall–Kier alpha value is -1.36. The zero-order chi connectivity index (χ0) is 12.5. The minimum absolute atomic E-state index is 0.0232. The summed E-state index contributed by atoms with van der Waals surface area (Å²) in [5, 5.41) is 9.27. The van der Waals surface area contributed by atoms with Crippen molar-refractivity contribution in [3.63, 3.8) is 0 Å². The van der Waals surface area contributed by atoms with E-state index in [0.717, 1.165) is 5.56 Å². The molecule has 0 aliphatic carbocycles. The van der Waals surface area contributed by atoms with Crippen LogP contribution in [0.2, 0.25) is 0 Å². The van der Waals surface area contributed by atoms with Crippen LogP contribution in [0.15, 0.2) is 24.3 Å². The van der Waals surface area contributed by atoms with Gasteiger partial charge in [0, 0.05) is 12.3 Å². The lowest BCUT2D eigenvalue weighted by atomic mass is 9.97. The molecule has 92 valence electrons. The fourth-order valence-electron chi connectivity index (χ4n) is 2.06. The molecule has 0 spiro atoms. The summed E-state index contributed by atoms with van der Waals surface area (Å²) in [6.07, 6.45) is 0.620. The van der Waals surface area contributed by atoms with E-state index in [0.29, 0.717) is 6.42 Å².